The lowest BCUT2D eigenvalue weighted by Gasteiger charge is -2.28. The lowest BCUT2D eigenvalue weighted by Crippen LogP contribution is -2.31. The third-order valence-electron chi connectivity index (χ3n) is 2.88. The molecule has 3 nitrogen and oxygen atoms in total. The minimum Gasteiger partial charge on any atom is -0.198 e. The van der Waals surface area contributed by atoms with Gasteiger partial charge in [0, 0.05) is 0 Å². The van der Waals surface area contributed by atoms with Gasteiger partial charge in [0.15, 0.2) is 0 Å². The van der Waals surface area contributed by atoms with E-state index in [1.165, 1.54) is 6.07 Å². The van der Waals surface area contributed by atoms with Crippen LogP contribution >= 0.6 is 0 Å². The van der Waals surface area contributed by atoms with E-state index in [4.69, 9.17) is 15.8 Å². The first-order valence-corrected chi connectivity index (χ1v) is 5.35. The molecule has 1 unspecified atom stereocenters. The van der Waals surface area contributed by atoms with Crippen LogP contribution in [0.2, 0.25) is 0 Å². The molecule has 0 bridgehead atoms. The fraction of sp³-hybridized carbons (Fsp3) is 0.417. The summed E-state index contributed by atoms with van der Waals surface area (Å²) in [5.74, 6) is -2.51. The van der Waals surface area contributed by atoms with Gasteiger partial charge in [0.2, 0.25) is 0 Å². The van der Waals surface area contributed by atoms with Crippen LogP contribution in [0.25, 0.3) is 0 Å². The molecule has 0 N–H and O–H groups in total. The molecule has 0 saturated carbocycles. The standard InChI is InChI=1S/C12H5F6N3/c13-11(14,15)9-3-6(1-2-19)10(12(16,17)18)8(5-21)7(9)4-20/h9H,1,3H2. The molecule has 0 aliphatic heterocycles. The Balaban J connectivity index is 3.68. The molecule has 1 atom stereocenters. The normalized spacial score (nSPS) is 19.9. The Morgan fingerprint density at radius 3 is 1.90 bits per heavy atom. The Labute approximate surface area is 115 Å². The summed E-state index contributed by atoms with van der Waals surface area (Å²) < 4.78 is 77.4. The Kier molecular flexibility index (Phi) is 4.34. The first-order chi connectivity index (χ1) is 9.57. The van der Waals surface area contributed by atoms with Crippen LogP contribution < -0.4 is 0 Å². The highest BCUT2D eigenvalue weighted by Gasteiger charge is 2.51. The van der Waals surface area contributed by atoms with Crippen LogP contribution in [0.4, 0.5) is 26.3 Å². The number of rotatable bonds is 1. The van der Waals surface area contributed by atoms with Crippen molar-refractivity contribution < 1.29 is 26.3 Å². The van der Waals surface area contributed by atoms with Crippen molar-refractivity contribution in [2.45, 2.75) is 25.2 Å². The van der Waals surface area contributed by atoms with E-state index in [1.54, 1.807) is 0 Å². The van der Waals surface area contributed by atoms with Crippen molar-refractivity contribution >= 4 is 0 Å². The van der Waals surface area contributed by atoms with Crippen LogP contribution in [0.5, 0.6) is 0 Å². The molecule has 9 heteroatoms. The highest BCUT2D eigenvalue weighted by atomic mass is 19.4. The monoisotopic (exact) mass is 305 g/mol. The SMILES string of the molecule is N#CCC1=C(C(F)(F)F)C(C#N)=C(C#N)C(C(F)(F)F)C1. The largest absolute Gasteiger partial charge is 0.417 e. The second kappa shape index (κ2) is 5.49. The van der Waals surface area contributed by atoms with E-state index in [2.05, 4.69) is 0 Å². The predicted molar refractivity (Wildman–Crippen MR) is 55.7 cm³/mol. The molecule has 110 valence electrons. The maximum absolute atomic E-state index is 12.9. The quantitative estimate of drug-likeness (QED) is 0.694. The molecule has 1 aliphatic carbocycles. The predicted octanol–water partition coefficient (Wildman–Crippen LogP) is 3.68. The van der Waals surface area contributed by atoms with Crippen LogP contribution in [-0.2, 0) is 0 Å². The maximum atomic E-state index is 12.9. The molecule has 0 aromatic carbocycles. The molecule has 1 aliphatic rings. The van der Waals surface area contributed by atoms with Crippen LogP contribution in [-0.4, -0.2) is 12.4 Å². The van der Waals surface area contributed by atoms with Gasteiger partial charge in [-0.15, -0.1) is 0 Å². The lowest BCUT2D eigenvalue weighted by molar-refractivity contribution is -0.164. The van der Waals surface area contributed by atoms with Gasteiger partial charge in [0.25, 0.3) is 0 Å². The van der Waals surface area contributed by atoms with E-state index in [1.807, 2.05) is 0 Å². The Morgan fingerprint density at radius 2 is 1.57 bits per heavy atom. The van der Waals surface area contributed by atoms with Gasteiger partial charge >= 0.3 is 12.4 Å². The van der Waals surface area contributed by atoms with E-state index in [-0.39, 0.29) is 0 Å². The van der Waals surface area contributed by atoms with Crippen molar-refractivity contribution in [1.82, 2.24) is 0 Å². The smallest absolute Gasteiger partial charge is 0.198 e. The minimum absolute atomic E-state index is 0.831. The van der Waals surface area contributed by atoms with E-state index in [9.17, 15) is 26.3 Å². The third-order valence-corrected chi connectivity index (χ3v) is 2.88. The molecule has 0 radical (unpaired) electrons. The third kappa shape index (κ3) is 3.17. The first kappa shape index (κ1) is 16.6. The zero-order valence-electron chi connectivity index (χ0n) is 10.1. The number of halogens is 6. The molecule has 1 rings (SSSR count). The van der Waals surface area contributed by atoms with Gasteiger partial charge in [-0.05, 0) is 12.0 Å². The van der Waals surface area contributed by atoms with Crippen molar-refractivity contribution in [3.8, 4) is 18.2 Å². The molecule has 0 spiro atoms. The van der Waals surface area contributed by atoms with Gasteiger partial charge in [-0.2, -0.15) is 42.1 Å². The minimum atomic E-state index is -5.12. The number of alkyl halides is 6. The Hall–Kier alpha value is -2.47. The highest BCUT2D eigenvalue weighted by molar-refractivity contribution is 5.58. The number of hydrogen-bond donors (Lipinski definition) is 0. The summed E-state index contributed by atoms with van der Waals surface area (Å²) in [5, 5.41) is 25.9. The van der Waals surface area contributed by atoms with Gasteiger partial charge in [-0.25, -0.2) is 0 Å². The molecule has 0 fully saturated rings. The highest BCUT2D eigenvalue weighted by Crippen LogP contribution is 2.48. The summed E-state index contributed by atoms with van der Waals surface area (Å²) in [6.07, 6.45) is -12.1. The maximum Gasteiger partial charge on any atom is 0.417 e. The van der Waals surface area contributed by atoms with Crippen molar-refractivity contribution in [2.75, 3.05) is 0 Å². The van der Waals surface area contributed by atoms with Crippen LogP contribution in [0.3, 0.4) is 0 Å². The summed E-state index contributed by atoms with van der Waals surface area (Å²) >= 11 is 0. The second-order valence-electron chi connectivity index (χ2n) is 4.12. The van der Waals surface area contributed by atoms with Gasteiger partial charge in [0.05, 0.1) is 41.2 Å². The van der Waals surface area contributed by atoms with E-state index in [0.717, 1.165) is 12.1 Å². The van der Waals surface area contributed by atoms with Gasteiger partial charge < -0.3 is 0 Å². The molecular formula is C12H5F6N3. The van der Waals surface area contributed by atoms with E-state index in [0.29, 0.717) is 0 Å². The zero-order valence-corrected chi connectivity index (χ0v) is 10.1. The summed E-state index contributed by atoms with van der Waals surface area (Å²) in [4.78, 5) is 0. The molecule has 0 aromatic rings. The van der Waals surface area contributed by atoms with E-state index >= 15 is 0 Å². The molecule has 0 amide bonds. The number of nitrogens with zero attached hydrogens (tertiary/aromatic N) is 3. The van der Waals surface area contributed by atoms with Gasteiger partial charge in [0.1, 0.15) is 6.07 Å². The second-order valence-corrected chi connectivity index (χ2v) is 4.12. The first-order valence-electron chi connectivity index (χ1n) is 5.35. The molecule has 0 saturated heterocycles. The van der Waals surface area contributed by atoms with Crippen molar-refractivity contribution in [2.24, 2.45) is 5.92 Å². The number of hydrogen-bond acceptors (Lipinski definition) is 3. The van der Waals surface area contributed by atoms with Crippen molar-refractivity contribution in [3.63, 3.8) is 0 Å². The van der Waals surface area contributed by atoms with Crippen molar-refractivity contribution in [3.05, 3.63) is 22.3 Å². The average Bonchev–Trinajstić information content (AvgIpc) is 2.34. The van der Waals surface area contributed by atoms with Crippen LogP contribution in [0.1, 0.15) is 12.8 Å². The summed E-state index contributed by atoms with van der Waals surface area (Å²) in [7, 11) is 0. The zero-order chi connectivity index (χ0) is 16.4. The Morgan fingerprint density at radius 1 is 1.00 bits per heavy atom. The van der Waals surface area contributed by atoms with Crippen LogP contribution in [0.15, 0.2) is 22.3 Å². The summed E-state index contributed by atoms with van der Waals surface area (Å²) in [5.41, 5.74) is -5.06. The fourth-order valence-electron chi connectivity index (χ4n) is 2.06. The molecule has 0 heterocycles. The van der Waals surface area contributed by atoms with Crippen molar-refractivity contribution in [1.29, 1.82) is 15.8 Å². The fourth-order valence-corrected chi connectivity index (χ4v) is 2.06. The molecule has 21 heavy (non-hydrogen) atoms. The summed E-state index contributed by atoms with van der Waals surface area (Å²) in [6, 6.07) is 3.42. The van der Waals surface area contributed by atoms with Crippen LogP contribution in [0, 0.1) is 39.9 Å². The average molecular weight is 305 g/mol. The molecular weight excluding hydrogens is 300 g/mol. The number of allylic oxidation sites excluding steroid dienone is 4. The Bertz CT molecular complexity index is 630. The topological polar surface area (TPSA) is 71.4 Å². The van der Waals surface area contributed by atoms with Gasteiger partial charge in [-0.3, -0.25) is 0 Å². The summed E-state index contributed by atoms with van der Waals surface area (Å²) in [6.45, 7) is 0. The molecule has 0 aromatic heterocycles. The van der Waals surface area contributed by atoms with E-state index < -0.39 is 53.4 Å². The number of nitriles is 3. The van der Waals surface area contributed by atoms with Gasteiger partial charge in [-0.1, -0.05) is 0 Å². The lowest BCUT2D eigenvalue weighted by atomic mass is 9.78.